The van der Waals surface area contributed by atoms with E-state index in [1.807, 2.05) is 6.92 Å². The maximum absolute atomic E-state index is 12.4. The van der Waals surface area contributed by atoms with Gasteiger partial charge in [-0.15, -0.1) is 0 Å². The highest BCUT2D eigenvalue weighted by Gasteiger charge is 2.27. The van der Waals surface area contributed by atoms with E-state index in [9.17, 15) is 9.59 Å². The van der Waals surface area contributed by atoms with Gasteiger partial charge in [0.2, 0.25) is 5.91 Å². The van der Waals surface area contributed by atoms with E-state index in [-0.39, 0.29) is 24.3 Å². The minimum absolute atomic E-state index is 0.0544. The first-order valence-corrected chi connectivity index (χ1v) is 9.64. The molecule has 1 aromatic carbocycles. The number of piperidine rings is 1. The van der Waals surface area contributed by atoms with E-state index in [1.165, 1.54) is 0 Å². The van der Waals surface area contributed by atoms with Gasteiger partial charge in [0.25, 0.3) is 0 Å². The average molecular weight is 427 g/mol. The Balaban J connectivity index is 1.51. The zero-order chi connectivity index (χ0) is 18.5. The molecule has 8 heteroatoms. The van der Waals surface area contributed by atoms with Crippen LogP contribution in [0.15, 0.2) is 16.6 Å². The molecule has 0 saturated carbocycles. The maximum atomic E-state index is 12.4. The van der Waals surface area contributed by atoms with Crippen LogP contribution in [0, 0.1) is 5.92 Å². The van der Waals surface area contributed by atoms with Crippen LogP contribution in [-0.4, -0.2) is 56.2 Å². The van der Waals surface area contributed by atoms with Gasteiger partial charge in [-0.3, -0.25) is 14.5 Å². The fourth-order valence-corrected chi connectivity index (χ4v) is 3.56. The number of hydrogen-bond acceptors (Lipinski definition) is 6. The molecule has 0 radical (unpaired) electrons. The van der Waals surface area contributed by atoms with Crippen molar-refractivity contribution in [2.45, 2.75) is 19.8 Å². The summed E-state index contributed by atoms with van der Waals surface area (Å²) in [6.45, 7) is 4.94. The number of halogens is 1. The first-order chi connectivity index (χ1) is 12.6. The monoisotopic (exact) mass is 426 g/mol. The smallest absolute Gasteiger partial charge is 0.309 e. The van der Waals surface area contributed by atoms with Crippen molar-refractivity contribution in [2.75, 3.05) is 44.8 Å². The molecule has 2 heterocycles. The number of benzene rings is 1. The molecule has 0 aromatic heterocycles. The standard InChI is InChI=1S/C18H23BrN2O5/c1-2-24-18(23)12-3-5-21(6-4-12)11-17(22)20-14-10-16-15(9-13(14)19)25-7-8-26-16/h9-10,12H,2-8,11H2,1H3,(H,20,22). The Morgan fingerprint density at radius 2 is 1.88 bits per heavy atom. The van der Waals surface area contributed by atoms with Gasteiger partial charge in [-0.1, -0.05) is 0 Å². The fraction of sp³-hybridized carbons (Fsp3) is 0.556. The van der Waals surface area contributed by atoms with Crippen molar-refractivity contribution in [3.63, 3.8) is 0 Å². The van der Waals surface area contributed by atoms with E-state index in [2.05, 4.69) is 26.1 Å². The van der Waals surface area contributed by atoms with Crippen LogP contribution in [0.2, 0.25) is 0 Å². The molecule has 3 rings (SSSR count). The van der Waals surface area contributed by atoms with Crippen LogP contribution in [0.5, 0.6) is 11.5 Å². The van der Waals surface area contributed by atoms with Crippen molar-refractivity contribution in [3.8, 4) is 11.5 Å². The molecule has 2 aliphatic heterocycles. The van der Waals surface area contributed by atoms with Crippen LogP contribution in [-0.2, 0) is 14.3 Å². The number of nitrogens with one attached hydrogen (secondary N) is 1. The van der Waals surface area contributed by atoms with Gasteiger partial charge in [-0.2, -0.15) is 0 Å². The molecule has 1 amide bonds. The van der Waals surface area contributed by atoms with Crippen LogP contribution in [0.1, 0.15) is 19.8 Å². The highest BCUT2D eigenvalue weighted by molar-refractivity contribution is 9.10. The number of esters is 1. The second-order valence-corrected chi connectivity index (χ2v) is 7.18. The van der Waals surface area contributed by atoms with E-state index >= 15 is 0 Å². The van der Waals surface area contributed by atoms with Gasteiger partial charge in [0.15, 0.2) is 11.5 Å². The van der Waals surface area contributed by atoms with Gasteiger partial charge in [0.05, 0.1) is 24.8 Å². The van der Waals surface area contributed by atoms with Gasteiger partial charge >= 0.3 is 5.97 Å². The Hall–Kier alpha value is -1.80. The molecule has 142 valence electrons. The first kappa shape index (κ1) is 19.0. The number of amides is 1. The number of nitrogens with zero attached hydrogens (tertiary/aromatic N) is 1. The van der Waals surface area contributed by atoms with Crippen molar-refractivity contribution in [2.24, 2.45) is 5.92 Å². The Kier molecular flexibility index (Phi) is 6.37. The summed E-state index contributed by atoms with van der Waals surface area (Å²) in [5.41, 5.74) is 0.653. The zero-order valence-corrected chi connectivity index (χ0v) is 16.3. The molecular formula is C18H23BrN2O5. The molecule has 1 saturated heterocycles. The topological polar surface area (TPSA) is 77.1 Å². The Labute approximate surface area is 161 Å². The molecule has 1 aromatic rings. The number of carbonyl (C=O) groups excluding carboxylic acids is 2. The number of rotatable bonds is 5. The van der Waals surface area contributed by atoms with Crippen LogP contribution in [0.25, 0.3) is 0 Å². The molecule has 0 bridgehead atoms. The third-order valence-electron chi connectivity index (χ3n) is 4.48. The van der Waals surface area contributed by atoms with Crippen LogP contribution in [0.4, 0.5) is 5.69 Å². The number of carbonyl (C=O) groups is 2. The quantitative estimate of drug-likeness (QED) is 0.728. The minimum Gasteiger partial charge on any atom is -0.486 e. The van der Waals surface area contributed by atoms with Crippen molar-refractivity contribution in [1.29, 1.82) is 0 Å². The second kappa shape index (κ2) is 8.73. The van der Waals surface area contributed by atoms with Crippen molar-refractivity contribution < 1.29 is 23.8 Å². The first-order valence-electron chi connectivity index (χ1n) is 8.84. The molecule has 0 aliphatic carbocycles. The minimum atomic E-state index is -0.128. The summed E-state index contributed by atoms with van der Waals surface area (Å²) in [7, 11) is 0. The molecule has 0 unspecified atom stereocenters. The lowest BCUT2D eigenvalue weighted by atomic mass is 9.97. The highest BCUT2D eigenvalue weighted by atomic mass is 79.9. The molecular weight excluding hydrogens is 404 g/mol. The SMILES string of the molecule is CCOC(=O)C1CCN(CC(=O)Nc2cc3c(cc2Br)OCCO3)CC1. The number of ether oxygens (including phenoxy) is 3. The third-order valence-corrected chi connectivity index (χ3v) is 5.14. The van der Waals surface area contributed by atoms with E-state index in [0.717, 1.165) is 17.3 Å². The van der Waals surface area contributed by atoms with E-state index in [4.69, 9.17) is 14.2 Å². The van der Waals surface area contributed by atoms with E-state index < -0.39 is 0 Å². The summed E-state index contributed by atoms with van der Waals surface area (Å²) in [6.07, 6.45) is 1.44. The van der Waals surface area contributed by atoms with Gasteiger partial charge in [0, 0.05) is 16.6 Å². The lowest BCUT2D eigenvalue weighted by molar-refractivity contribution is -0.149. The summed E-state index contributed by atoms with van der Waals surface area (Å²) in [4.78, 5) is 26.2. The van der Waals surface area contributed by atoms with Crippen molar-refractivity contribution in [3.05, 3.63) is 16.6 Å². The number of fused-ring (bicyclic) bond motifs is 1. The lowest BCUT2D eigenvalue weighted by Crippen LogP contribution is -2.41. The second-order valence-electron chi connectivity index (χ2n) is 6.33. The summed E-state index contributed by atoms with van der Waals surface area (Å²) in [6, 6.07) is 3.57. The van der Waals surface area contributed by atoms with Gasteiger partial charge in [-0.25, -0.2) is 0 Å². The third kappa shape index (κ3) is 4.67. The molecule has 7 nitrogen and oxygen atoms in total. The molecule has 0 atom stereocenters. The fourth-order valence-electron chi connectivity index (χ4n) is 3.14. The number of anilines is 1. The largest absolute Gasteiger partial charge is 0.486 e. The summed E-state index contributed by atoms with van der Waals surface area (Å²) < 4.78 is 16.9. The summed E-state index contributed by atoms with van der Waals surface area (Å²) >= 11 is 3.45. The maximum Gasteiger partial charge on any atom is 0.309 e. The number of likely N-dealkylation sites (tertiary alicyclic amines) is 1. The van der Waals surface area contributed by atoms with Gasteiger partial charge < -0.3 is 19.5 Å². The average Bonchev–Trinajstić information content (AvgIpc) is 2.63. The van der Waals surface area contributed by atoms with Gasteiger partial charge in [0.1, 0.15) is 13.2 Å². The lowest BCUT2D eigenvalue weighted by Gasteiger charge is -2.30. The Bertz CT molecular complexity index is 674. The normalized spacial score (nSPS) is 17.6. The van der Waals surface area contributed by atoms with Crippen LogP contribution in [0.3, 0.4) is 0 Å². The predicted octanol–water partition coefficient (Wildman–Crippen LogP) is 2.43. The Morgan fingerprint density at radius 1 is 1.23 bits per heavy atom. The van der Waals surface area contributed by atoms with Crippen molar-refractivity contribution >= 4 is 33.5 Å². The molecule has 1 N–H and O–H groups in total. The molecule has 0 spiro atoms. The predicted molar refractivity (Wildman–Crippen MR) is 99.6 cm³/mol. The van der Waals surface area contributed by atoms with E-state index in [0.29, 0.717) is 50.1 Å². The Morgan fingerprint density at radius 3 is 2.54 bits per heavy atom. The van der Waals surface area contributed by atoms with Crippen LogP contribution < -0.4 is 14.8 Å². The zero-order valence-electron chi connectivity index (χ0n) is 14.8. The number of hydrogen-bond donors (Lipinski definition) is 1. The summed E-state index contributed by atoms with van der Waals surface area (Å²) in [5.74, 6) is 1.02. The van der Waals surface area contributed by atoms with Crippen LogP contribution >= 0.6 is 15.9 Å². The molecule has 26 heavy (non-hydrogen) atoms. The molecule has 1 fully saturated rings. The van der Waals surface area contributed by atoms with Gasteiger partial charge in [-0.05, 0) is 48.8 Å². The summed E-state index contributed by atoms with van der Waals surface area (Å²) in [5, 5.41) is 2.91. The van der Waals surface area contributed by atoms with Crippen molar-refractivity contribution in [1.82, 2.24) is 4.90 Å². The molecule has 2 aliphatic rings. The highest BCUT2D eigenvalue weighted by Crippen LogP contribution is 2.38. The van der Waals surface area contributed by atoms with E-state index in [1.54, 1.807) is 12.1 Å².